The average molecular weight is 336 g/mol. The van der Waals surface area contributed by atoms with Gasteiger partial charge in [0.25, 0.3) is 0 Å². The Balaban J connectivity index is 2.75. The van der Waals surface area contributed by atoms with Gasteiger partial charge in [-0.2, -0.15) is 11.8 Å². The normalized spacial score (nSPS) is 38.9. The van der Waals surface area contributed by atoms with Crippen molar-refractivity contribution in [2.24, 2.45) is 5.73 Å². The van der Waals surface area contributed by atoms with Gasteiger partial charge in [-0.1, -0.05) is 11.4 Å². The number of nitrogens with two attached hydrogens (primary N) is 1. The molecule has 1 saturated heterocycles. The first-order valence-electron chi connectivity index (χ1n) is 6.46. The number of hydrogen-bond acceptors (Lipinski definition) is 5. The summed E-state index contributed by atoms with van der Waals surface area (Å²) in [5.41, 5.74) is 9.20. The van der Waals surface area contributed by atoms with Crippen molar-refractivity contribution < 1.29 is 12.3 Å². The van der Waals surface area contributed by atoms with Crippen molar-refractivity contribution in [1.29, 1.82) is 0 Å². The molecule has 1 fully saturated rings. The van der Waals surface area contributed by atoms with E-state index in [2.05, 4.69) is 19.7 Å². The first kappa shape index (κ1) is 17.4. The van der Waals surface area contributed by atoms with E-state index in [-0.39, 0.29) is 0 Å². The maximum Gasteiger partial charge on any atom is 0.343 e. The minimum absolute atomic E-state index is 0.714. The van der Waals surface area contributed by atoms with Crippen LogP contribution >= 0.6 is 11.8 Å². The monoisotopic (exact) mass is 335 g/mol. The van der Waals surface area contributed by atoms with Crippen molar-refractivity contribution in [1.82, 2.24) is 0 Å². The highest BCUT2D eigenvalue weighted by Crippen LogP contribution is 2.34. The van der Waals surface area contributed by atoms with Crippen LogP contribution in [0.4, 0.5) is 0 Å². The SMILES string of the molecule is C=C[Si]1(C)O[Si](C)(C=C)O[Si](C)(CCSCCN)O1. The van der Waals surface area contributed by atoms with Crippen LogP contribution in [0.2, 0.25) is 25.7 Å². The molecule has 1 aliphatic rings. The molecule has 8 heteroatoms. The molecule has 19 heavy (non-hydrogen) atoms. The summed E-state index contributed by atoms with van der Waals surface area (Å²) in [7, 11) is -6.83. The minimum Gasteiger partial charge on any atom is -0.413 e. The van der Waals surface area contributed by atoms with E-state index in [0.717, 1.165) is 17.5 Å². The smallest absolute Gasteiger partial charge is 0.343 e. The molecule has 0 spiro atoms. The lowest BCUT2D eigenvalue weighted by atomic mass is 10.8. The van der Waals surface area contributed by atoms with Crippen LogP contribution in [0.25, 0.3) is 0 Å². The van der Waals surface area contributed by atoms with Gasteiger partial charge in [-0.05, 0) is 31.4 Å². The Hall–Kier alpha value is 0.321. The summed E-state index contributed by atoms with van der Waals surface area (Å²) >= 11 is 1.85. The maximum absolute atomic E-state index is 6.25. The standard InChI is InChI=1S/C11H25NO3SSi3/c1-6-17(3)13-18(4,7-2)15-19(5,14-17)11-10-16-9-8-12/h6-7H,1-2,8-12H2,3-5H3. The molecular weight excluding hydrogens is 310 g/mol. The molecule has 0 aromatic heterocycles. The summed E-state index contributed by atoms with van der Waals surface area (Å²) < 4.78 is 18.6. The third kappa shape index (κ3) is 4.97. The molecule has 1 rings (SSSR count). The summed E-state index contributed by atoms with van der Waals surface area (Å²) in [5.74, 6) is 2.00. The predicted molar refractivity (Wildman–Crippen MR) is 89.7 cm³/mol. The number of hydrogen-bond donors (Lipinski definition) is 1. The van der Waals surface area contributed by atoms with Crippen LogP contribution in [0.15, 0.2) is 24.6 Å². The van der Waals surface area contributed by atoms with Crippen molar-refractivity contribution in [2.75, 3.05) is 18.1 Å². The lowest BCUT2D eigenvalue weighted by Crippen LogP contribution is -2.66. The Bertz CT molecular complexity index is 325. The van der Waals surface area contributed by atoms with Crippen LogP contribution in [0.1, 0.15) is 0 Å². The highest BCUT2D eigenvalue weighted by molar-refractivity contribution is 7.99. The van der Waals surface area contributed by atoms with Gasteiger partial charge in [-0.15, -0.1) is 13.2 Å². The highest BCUT2D eigenvalue weighted by atomic mass is 32.2. The van der Waals surface area contributed by atoms with Crippen LogP contribution in [0.3, 0.4) is 0 Å². The van der Waals surface area contributed by atoms with E-state index in [0.29, 0.717) is 6.54 Å². The highest BCUT2D eigenvalue weighted by Gasteiger charge is 2.54. The van der Waals surface area contributed by atoms with Crippen molar-refractivity contribution in [3.8, 4) is 0 Å². The second-order valence-electron chi connectivity index (χ2n) is 5.03. The molecule has 2 atom stereocenters. The molecule has 1 aliphatic heterocycles. The van der Waals surface area contributed by atoms with Gasteiger partial charge in [0, 0.05) is 12.3 Å². The fraction of sp³-hybridized carbons (Fsp3) is 0.636. The molecule has 0 aliphatic carbocycles. The van der Waals surface area contributed by atoms with Gasteiger partial charge in [-0.3, -0.25) is 0 Å². The molecule has 0 aromatic rings. The summed E-state index contributed by atoms with van der Waals surface area (Å²) in [6.07, 6.45) is 0. The summed E-state index contributed by atoms with van der Waals surface area (Å²) in [6, 6.07) is 0.952. The van der Waals surface area contributed by atoms with Crippen LogP contribution in [0.5, 0.6) is 0 Å². The van der Waals surface area contributed by atoms with Gasteiger partial charge in [0.15, 0.2) is 0 Å². The summed E-state index contributed by atoms with van der Waals surface area (Å²) in [5, 5.41) is 0. The zero-order chi connectivity index (χ0) is 14.6. The molecule has 0 radical (unpaired) electrons. The third-order valence-corrected chi connectivity index (χ3v) is 16.9. The first-order chi connectivity index (χ1) is 8.80. The first-order valence-corrected chi connectivity index (χ1v) is 14.9. The molecule has 0 saturated carbocycles. The van der Waals surface area contributed by atoms with Gasteiger partial charge in [0.2, 0.25) is 0 Å². The Morgan fingerprint density at radius 2 is 1.53 bits per heavy atom. The zero-order valence-electron chi connectivity index (χ0n) is 12.1. The van der Waals surface area contributed by atoms with E-state index in [1.807, 2.05) is 36.3 Å². The van der Waals surface area contributed by atoms with E-state index in [4.69, 9.17) is 18.1 Å². The average Bonchev–Trinajstić information content (AvgIpc) is 2.33. The van der Waals surface area contributed by atoms with Crippen LogP contribution in [-0.2, 0) is 12.3 Å². The van der Waals surface area contributed by atoms with Gasteiger partial charge in [0.1, 0.15) is 0 Å². The van der Waals surface area contributed by atoms with E-state index >= 15 is 0 Å². The number of thioether (sulfide) groups is 1. The fourth-order valence-corrected chi connectivity index (χ4v) is 18.3. The maximum atomic E-state index is 6.25. The zero-order valence-corrected chi connectivity index (χ0v) is 15.9. The van der Waals surface area contributed by atoms with Crippen molar-refractivity contribution in [2.45, 2.75) is 25.7 Å². The Kier molecular flexibility index (Phi) is 6.27. The van der Waals surface area contributed by atoms with Crippen LogP contribution < -0.4 is 5.73 Å². The van der Waals surface area contributed by atoms with Gasteiger partial charge in [-0.25, -0.2) is 0 Å². The van der Waals surface area contributed by atoms with Gasteiger partial charge < -0.3 is 18.1 Å². The lowest BCUT2D eigenvalue weighted by Gasteiger charge is -2.48. The van der Waals surface area contributed by atoms with Gasteiger partial charge in [0.05, 0.1) is 0 Å². The second-order valence-corrected chi connectivity index (χ2v) is 16.4. The summed E-state index contributed by atoms with van der Waals surface area (Å²) in [4.78, 5) is 0. The van der Waals surface area contributed by atoms with Gasteiger partial charge >= 0.3 is 25.7 Å². The number of rotatable bonds is 7. The van der Waals surface area contributed by atoms with E-state index < -0.39 is 25.7 Å². The summed E-state index contributed by atoms with van der Waals surface area (Å²) in [6.45, 7) is 14.7. The fourth-order valence-electron chi connectivity index (χ4n) is 2.03. The molecule has 110 valence electrons. The molecule has 2 N–H and O–H groups in total. The van der Waals surface area contributed by atoms with Crippen LogP contribution in [0, 0.1) is 0 Å². The molecule has 0 bridgehead atoms. The van der Waals surface area contributed by atoms with Crippen molar-refractivity contribution in [3.63, 3.8) is 0 Å². The van der Waals surface area contributed by atoms with Crippen molar-refractivity contribution >= 4 is 37.4 Å². The second kappa shape index (κ2) is 6.85. The molecule has 1 heterocycles. The Labute approximate surface area is 124 Å². The Morgan fingerprint density at radius 1 is 1.00 bits per heavy atom. The molecule has 0 aromatic carbocycles. The topological polar surface area (TPSA) is 53.7 Å². The van der Waals surface area contributed by atoms with E-state index in [1.54, 1.807) is 0 Å². The minimum atomic E-state index is -2.31. The Morgan fingerprint density at radius 3 is 1.95 bits per heavy atom. The third-order valence-electron chi connectivity index (χ3n) is 2.95. The lowest BCUT2D eigenvalue weighted by molar-refractivity contribution is 0.241. The van der Waals surface area contributed by atoms with Crippen molar-refractivity contribution in [3.05, 3.63) is 24.6 Å². The van der Waals surface area contributed by atoms with E-state index in [9.17, 15) is 0 Å². The van der Waals surface area contributed by atoms with Crippen LogP contribution in [-0.4, -0.2) is 43.7 Å². The molecule has 0 amide bonds. The quantitative estimate of drug-likeness (QED) is 0.572. The largest absolute Gasteiger partial charge is 0.413 e. The molecular formula is C11H25NO3SSi3. The van der Waals surface area contributed by atoms with E-state index in [1.165, 1.54) is 0 Å². The predicted octanol–water partition coefficient (Wildman–Crippen LogP) is 2.41. The molecule has 4 nitrogen and oxygen atoms in total. The molecule has 2 unspecified atom stereocenters.